The second-order valence-electron chi connectivity index (χ2n) is 4.28. The van der Waals surface area contributed by atoms with Crippen LogP contribution in [-0.2, 0) is 0 Å². The Morgan fingerprint density at radius 3 is 2.38 bits per heavy atom. The van der Waals surface area contributed by atoms with Crippen molar-refractivity contribution in [3.8, 4) is 0 Å². The van der Waals surface area contributed by atoms with Crippen LogP contribution < -0.4 is 10.6 Å². The predicted octanol–water partition coefficient (Wildman–Crippen LogP) is 3.49. The number of carbonyl (C=O) groups excluding carboxylic acids is 1. The minimum absolute atomic E-state index is 0.0792. The van der Waals surface area contributed by atoms with E-state index in [0.717, 1.165) is 10.0 Å². The summed E-state index contributed by atoms with van der Waals surface area (Å²) in [6.45, 7) is 1.92. The van der Waals surface area contributed by atoms with Crippen LogP contribution in [0.3, 0.4) is 0 Å². The van der Waals surface area contributed by atoms with Gasteiger partial charge in [0.15, 0.2) is 0 Å². The van der Waals surface area contributed by atoms with Gasteiger partial charge in [0.2, 0.25) is 0 Å². The van der Waals surface area contributed by atoms with Crippen LogP contribution >= 0.6 is 15.9 Å². The van der Waals surface area contributed by atoms with E-state index in [-0.39, 0.29) is 5.69 Å². The summed E-state index contributed by atoms with van der Waals surface area (Å²) in [7, 11) is 0. The van der Waals surface area contributed by atoms with Gasteiger partial charge in [-0.3, -0.25) is 0 Å². The molecule has 0 radical (unpaired) electrons. The normalized spacial score (nSPS) is 10.0. The van der Waals surface area contributed by atoms with E-state index in [1.165, 1.54) is 18.3 Å². The first-order valence-electron chi connectivity index (χ1n) is 5.99. The van der Waals surface area contributed by atoms with Gasteiger partial charge >= 0.3 is 12.0 Å². The van der Waals surface area contributed by atoms with Crippen LogP contribution in [0.2, 0.25) is 0 Å². The molecule has 0 bridgehead atoms. The van der Waals surface area contributed by atoms with Gasteiger partial charge in [0, 0.05) is 10.2 Å². The third-order valence-electron chi connectivity index (χ3n) is 2.66. The number of nitrogens with one attached hydrogen (secondary N) is 2. The number of aromatic carboxylic acids is 1. The molecule has 0 unspecified atom stereocenters. The van der Waals surface area contributed by atoms with Gasteiger partial charge in [-0.1, -0.05) is 15.9 Å². The van der Waals surface area contributed by atoms with Crippen LogP contribution in [0.5, 0.6) is 0 Å². The smallest absolute Gasteiger partial charge is 0.354 e. The number of aryl methyl sites for hydroxylation is 1. The quantitative estimate of drug-likeness (QED) is 0.790. The molecule has 2 aromatic rings. The van der Waals surface area contributed by atoms with Gasteiger partial charge in [-0.05, 0) is 42.8 Å². The molecule has 2 amide bonds. The Bertz CT molecular complexity index is 686. The Morgan fingerprint density at radius 1 is 1.14 bits per heavy atom. The fraction of sp³-hybridized carbons (Fsp3) is 0.0714. The van der Waals surface area contributed by atoms with Crippen LogP contribution in [0.15, 0.2) is 41.0 Å². The number of nitrogens with zero attached hydrogens (tertiary/aromatic N) is 1. The van der Waals surface area contributed by atoms with Crippen molar-refractivity contribution in [3.05, 3.63) is 52.3 Å². The van der Waals surface area contributed by atoms with Crippen molar-refractivity contribution in [1.29, 1.82) is 0 Å². The van der Waals surface area contributed by atoms with Crippen molar-refractivity contribution in [3.63, 3.8) is 0 Å². The fourth-order valence-electron chi connectivity index (χ4n) is 1.61. The van der Waals surface area contributed by atoms with Gasteiger partial charge in [-0.2, -0.15) is 0 Å². The number of hydrogen-bond donors (Lipinski definition) is 3. The van der Waals surface area contributed by atoms with E-state index < -0.39 is 12.0 Å². The standard InChI is InChI=1S/C14H12BrN3O3/c1-8-6-9(2-4-11(8)15)17-14(21)18-10-3-5-12(13(19)20)16-7-10/h2-7H,1H3,(H,19,20)(H2,17,18,21). The predicted molar refractivity (Wildman–Crippen MR) is 82.7 cm³/mol. The summed E-state index contributed by atoms with van der Waals surface area (Å²) in [5.41, 5.74) is 1.99. The topological polar surface area (TPSA) is 91.3 Å². The zero-order chi connectivity index (χ0) is 15.4. The van der Waals surface area contributed by atoms with Crippen LogP contribution in [0.1, 0.15) is 16.1 Å². The second kappa shape index (κ2) is 6.36. The number of amides is 2. The molecule has 0 spiro atoms. The van der Waals surface area contributed by atoms with Crippen LogP contribution in [-0.4, -0.2) is 22.1 Å². The molecular weight excluding hydrogens is 338 g/mol. The van der Waals surface area contributed by atoms with Crippen LogP contribution in [0, 0.1) is 6.92 Å². The third-order valence-corrected chi connectivity index (χ3v) is 3.55. The molecule has 0 aliphatic carbocycles. The number of rotatable bonds is 3. The third kappa shape index (κ3) is 4.03. The molecule has 0 saturated heterocycles. The Morgan fingerprint density at radius 2 is 1.81 bits per heavy atom. The van der Waals surface area contributed by atoms with Gasteiger partial charge in [-0.15, -0.1) is 0 Å². The van der Waals surface area contributed by atoms with Crippen molar-refractivity contribution >= 4 is 39.3 Å². The number of halogens is 1. The van der Waals surface area contributed by atoms with E-state index in [0.29, 0.717) is 11.4 Å². The molecule has 0 aliphatic rings. The highest BCUT2D eigenvalue weighted by atomic mass is 79.9. The maximum Gasteiger partial charge on any atom is 0.354 e. The SMILES string of the molecule is Cc1cc(NC(=O)Nc2ccc(C(=O)O)nc2)ccc1Br. The highest BCUT2D eigenvalue weighted by Gasteiger charge is 2.06. The first-order valence-corrected chi connectivity index (χ1v) is 6.78. The van der Waals surface area contributed by atoms with E-state index >= 15 is 0 Å². The van der Waals surface area contributed by atoms with E-state index in [1.54, 1.807) is 6.07 Å². The van der Waals surface area contributed by atoms with Crippen molar-refractivity contribution in [2.45, 2.75) is 6.92 Å². The highest BCUT2D eigenvalue weighted by molar-refractivity contribution is 9.10. The lowest BCUT2D eigenvalue weighted by molar-refractivity contribution is 0.0690. The van der Waals surface area contributed by atoms with Crippen LogP contribution in [0.25, 0.3) is 0 Å². The fourth-order valence-corrected chi connectivity index (χ4v) is 1.86. The first-order chi connectivity index (χ1) is 9.95. The number of benzene rings is 1. The van der Waals surface area contributed by atoms with Crippen molar-refractivity contribution in [2.24, 2.45) is 0 Å². The van der Waals surface area contributed by atoms with E-state index in [4.69, 9.17) is 5.11 Å². The lowest BCUT2D eigenvalue weighted by atomic mass is 10.2. The van der Waals surface area contributed by atoms with Gasteiger partial charge in [0.1, 0.15) is 5.69 Å². The molecule has 21 heavy (non-hydrogen) atoms. The molecular formula is C14H12BrN3O3. The number of carbonyl (C=O) groups is 2. The number of pyridine rings is 1. The summed E-state index contributed by atoms with van der Waals surface area (Å²) in [6.07, 6.45) is 1.29. The minimum atomic E-state index is -1.11. The molecule has 0 saturated carbocycles. The molecule has 0 atom stereocenters. The summed E-state index contributed by atoms with van der Waals surface area (Å²) < 4.78 is 0.960. The monoisotopic (exact) mass is 349 g/mol. The first kappa shape index (κ1) is 15.0. The van der Waals surface area contributed by atoms with E-state index in [9.17, 15) is 9.59 Å². The lowest BCUT2D eigenvalue weighted by Crippen LogP contribution is -2.19. The van der Waals surface area contributed by atoms with E-state index in [2.05, 4.69) is 31.5 Å². The Balaban J connectivity index is 2.01. The van der Waals surface area contributed by atoms with Gasteiger partial charge < -0.3 is 15.7 Å². The van der Waals surface area contributed by atoms with E-state index in [1.807, 2.05) is 19.1 Å². The largest absolute Gasteiger partial charge is 0.477 e. The number of urea groups is 1. The number of carboxylic acids is 1. The molecule has 6 nitrogen and oxygen atoms in total. The van der Waals surface area contributed by atoms with Crippen molar-refractivity contribution in [1.82, 2.24) is 4.98 Å². The molecule has 0 fully saturated rings. The van der Waals surface area contributed by atoms with Crippen molar-refractivity contribution < 1.29 is 14.7 Å². The molecule has 0 aliphatic heterocycles. The summed E-state index contributed by atoms with van der Waals surface area (Å²) in [5, 5.41) is 14.0. The maximum atomic E-state index is 11.8. The molecule has 1 aromatic carbocycles. The van der Waals surface area contributed by atoms with Gasteiger partial charge in [0.25, 0.3) is 0 Å². The Hall–Kier alpha value is -2.41. The summed E-state index contributed by atoms with van der Waals surface area (Å²) in [6, 6.07) is 7.80. The lowest BCUT2D eigenvalue weighted by Gasteiger charge is -2.08. The molecule has 1 aromatic heterocycles. The molecule has 108 valence electrons. The average molecular weight is 350 g/mol. The Labute approximate surface area is 129 Å². The Kier molecular flexibility index (Phi) is 4.54. The van der Waals surface area contributed by atoms with Gasteiger partial charge in [0.05, 0.1) is 11.9 Å². The number of aromatic nitrogens is 1. The zero-order valence-corrected chi connectivity index (χ0v) is 12.6. The molecule has 3 N–H and O–H groups in total. The van der Waals surface area contributed by atoms with Crippen LogP contribution in [0.4, 0.5) is 16.2 Å². The summed E-state index contributed by atoms with van der Waals surface area (Å²) >= 11 is 3.38. The molecule has 7 heteroatoms. The highest BCUT2D eigenvalue weighted by Crippen LogP contribution is 2.20. The summed E-state index contributed by atoms with van der Waals surface area (Å²) in [4.78, 5) is 26.2. The maximum absolute atomic E-state index is 11.8. The second-order valence-corrected chi connectivity index (χ2v) is 5.13. The summed E-state index contributed by atoms with van der Waals surface area (Å²) in [5.74, 6) is -1.11. The van der Waals surface area contributed by atoms with Crippen molar-refractivity contribution in [2.75, 3.05) is 10.6 Å². The number of hydrogen-bond acceptors (Lipinski definition) is 3. The molecule has 2 rings (SSSR count). The average Bonchev–Trinajstić information content (AvgIpc) is 2.43. The van der Waals surface area contributed by atoms with Gasteiger partial charge in [-0.25, -0.2) is 14.6 Å². The molecule has 1 heterocycles. The minimum Gasteiger partial charge on any atom is -0.477 e. The number of anilines is 2. The zero-order valence-electron chi connectivity index (χ0n) is 11.1. The number of carboxylic acid groups (broad SMARTS) is 1.